The van der Waals surface area contributed by atoms with Gasteiger partial charge in [0, 0.05) is 0 Å². The summed E-state index contributed by atoms with van der Waals surface area (Å²) in [7, 11) is 0. The Bertz CT molecular complexity index is 475. The first-order valence-corrected chi connectivity index (χ1v) is 11.0. The van der Waals surface area contributed by atoms with Crippen molar-refractivity contribution in [1.82, 2.24) is 0 Å². The van der Waals surface area contributed by atoms with Gasteiger partial charge in [0.15, 0.2) is 0 Å². The highest BCUT2D eigenvalue weighted by Crippen LogP contribution is 2.39. The first-order valence-electron chi connectivity index (χ1n) is 11.0. The van der Waals surface area contributed by atoms with Gasteiger partial charge in [-0.25, -0.2) is 4.39 Å². The van der Waals surface area contributed by atoms with Crippen LogP contribution in [0.1, 0.15) is 102 Å². The fraction of sp³-hybridized carbons (Fsp3) is 0.750. The molecule has 0 heterocycles. The van der Waals surface area contributed by atoms with Crippen molar-refractivity contribution < 1.29 is 4.39 Å². The minimum Gasteiger partial charge on any atom is -0.207 e. The van der Waals surface area contributed by atoms with Gasteiger partial charge in [-0.2, -0.15) is 0 Å². The average Bonchev–Trinajstić information content (AvgIpc) is 2.65. The quantitative estimate of drug-likeness (QED) is 0.472. The molecule has 2 aliphatic carbocycles. The molecule has 1 heteroatoms. The van der Waals surface area contributed by atoms with Crippen molar-refractivity contribution in [2.75, 3.05) is 0 Å². The van der Waals surface area contributed by atoms with Gasteiger partial charge >= 0.3 is 0 Å². The molecule has 0 spiro atoms. The summed E-state index contributed by atoms with van der Waals surface area (Å²) in [6.45, 7) is 2.33. The SMILES string of the molecule is CCCC1CCC(CCCC2CCC(c3ccc(F)cc3)CC2)CC1. The molecule has 1 aromatic rings. The predicted octanol–water partition coefficient (Wildman–Crippen LogP) is 7.88. The van der Waals surface area contributed by atoms with Crippen LogP contribution in [0.15, 0.2) is 24.3 Å². The Kier molecular flexibility index (Phi) is 7.37. The van der Waals surface area contributed by atoms with Crippen molar-refractivity contribution in [3.63, 3.8) is 0 Å². The number of hydrogen-bond acceptors (Lipinski definition) is 0. The van der Waals surface area contributed by atoms with Crippen LogP contribution < -0.4 is 0 Å². The second-order valence-corrected chi connectivity index (χ2v) is 8.88. The number of hydrogen-bond donors (Lipinski definition) is 0. The van der Waals surface area contributed by atoms with Crippen LogP contribution in [0.5, 0.6) is 0 Å². The normalized spacial score (nSPS) is 30.3. The van der Waals surface area contributed by atoms with Crippen LogP contribution in [-0.4, -0.2) is 0 Å². The molecule has 0 aromatic heterocycles. The van der Waals surface area contributed by atoms with Gasteiger partial charge in [-0.3, -0.25) is 0 Å². The van der Waals surface area contributed by atoms with Gasteiger partial charge in [-0.05, 0) is 67.1 Å². The van der Waals surface area contributed by atoms with Crippen molar-refractivity contribution >= 4 is 0 Å². The van der Waals surface area contributed by atoms with E-state index in [9.17, 15) is 4.39 Å². The van der Waals surface area contributed by atoms with E-state index in [1.54, 1.807) is 12.1 Å². The molecule has 0 amide bonds. The standard InChI is InChI=1S/C24H37F/c1-2-4-19-7-9-20(10-8-19)5-3-6-21-11-13-22(14-12-21)23-15-17-24(25)18-16-23/h15-22H,2-14H2,1H3. The van der Waals surface area contributed by atoms with Gasteiger partial charge < -0.3 is 0 Å². The van der Waals surface area contributed by atoms with E-state index >= 15 is 0 Å². The van der Waals surface area contributed by atoms with Crippen molar-refractivity contribution in [2.45, 2.75) is 96.3 Å². The Hall–Kier alpha value is -0.850. The lowest BCUT2D eigenvalue weighted by Crippen LogP contribution is -2.16. The van der Waals surface area contributed by atoms with E-state index < -0.39 is 0 Å². The van der Waals surface area contributed by atoms with E-state index in [4.69, 9.17) is 0 Å². The molecule has 0 radical (unpaired) electrons. The molecule has 0 atom stereocenters. The summed E-state index contributed by atoms with van der Waals surface area (Å²) >= 11 is 0. The molecule has 0 nitrogen and oxygen atoms in total. The zero-order valence-electron chi connectivity index (χ0n) is 16.2. The Balaban J connectivity index is 1.30. The Morgan fingerprint density at radius 3 is 1.72 bits per heavy atom. The fourth-order valence-corrected chi connectivity index (χ4v) is 5.43. The number of benzene rings is 1. The molecule has 1 aromatic carbocycles. The summed E-state index contributed by atoms with van der Waals surface area (Å²) in [5.41, 5.74) is 1.35. The van der Waals surface area contributed by atoms with E-state index in [0.29, 0.717) is 5.92 Å². The van der Waals surface area contributed by atoms with Gasteiger partial charge in [0.05, 0.1) is 0 Å². The highest BCUT2D eigenvalue weighted by molar-refractivity contribution is 5.20. The summed E-state index contributed by atoms with van der Waals surface area (Å²) in [5.74, 6) is 3.59. The highest BCUT2D eigenvalue weighted by Gasteiger charge is 2.24. The molecule has 2 aliphatic rings. The summed E-state index contributed by atoms with van der Waals surface area (Å²) in [4.78, 5) is 0. The van der Waals surface area contributed by atoms with Gasteiger partial charge in [0.2, 0.25) is 0 Å². The van der Waals surface area contributed by atoms with Crippen LogP contribution in [-0.2, 0) is 0 Å². The molecule has 0 bridgehead atoms. The zero-order chi connectivity index (χ0) is 17.5. The average molecular weight is 345 g/mol. The van der Waals surface area contributed by atoms with Crippen LogP contribution in [0, 0.1) is 23.6 Å². The topological polar surface area (TPSA) is 0 Å². The van der Waals surface area contributed by atoms with E-state index in [2.05, 4.69) is 6.92 Å². The first kappa shape index (κ1) is 18.9. The van der Waals surface area contributed by atoms with Crippen LogP contribution in [0.2, 0.25) is 0 Å². The van der Waals surface area contributed by atoms with Gasteiger partial charge in [0.1, 0.15) is 5.82 Å². The van der Waals surface area contributed by atoms with Crippen molar-refractivity contribution in [2.24, 2.45) is 17.8 Å². The smallest absolute Gasteiger partial charge is 0.123 e. The lowest BCUT2D eigenvalue weighted by molar-refractivity contribution is 0.236. The maximum Gasteiger partial charge on any atom is 0.123 e. The Labute approximate surface area is 154 Å². The van der Waals surface area contributed by atoms with Crippen molar-refractivity contribution in [1.29, 1.82) is 0 Å². The maximum absolute atomic E-state index is 13.1. The van der Waals surface area contributed by atoms with Gasteiger partial charge in [0.25, 0.3) is 0 Å². The minimum absolute atomic E-state index is 0.110. The van der Waals surface area contributed by atoms with Crippen LogP contribution in [0.3, 0.4) is 0 Å². The minimum atomic E-state index is -0.110. The highest BCUT2D eigenvalue weighted by atomic mass is 19.1. The molecule has 140 valence electrons. The van der Waals surface area contributed by atoms with Gasteiger partial charge in [-0.1, -0.05) is 76.8 Å². The van der Waals surface area contributed by atoms with E-state index in [1.807, 2.05) is 12.1 Å². The lowest BCUT2D eigenvalue weighted by Gasteiger charge is -2.30. The summed E-state index contributed by atoms with van der Waals surface area (Å²) < 4.78 is 13.1. The molecule has 2 saturated carbocycles. The third-order valence-electron chi connectivity index (χ3n) is 7.08. The van der Waals surface area contributed by atoms with Crippen LogP contribution >= 0.6 is 0 Å². The van der Waals surface area contributed by atoms with Crippen LogP contribution in [0.4, 0.5) is 4.39 Å². The molecule has 25 heavy (non-hydrogen) atoms. The second kappa shape index (κ2) is 9.74. The van der Waals surface area contributed by atoms with Crippen molar-refractivity contribution in [3.8, 4) is 0 Å². The molecule has 0 aliphatic heterocycles. The molecular formula is C24H37F. The number of rotatable bonds is 7. The zero-order valence-corrected chi connectivity index (χ0v) is 16.2. The third-order valence-corrected chi connectivity index (χ3v) is 7.08. The second-order valence-electron chi connectivity index (χ2n) is 8.88. The summed E-state index contributed by atoms with van der Waals surface area (Å²) in [5, 5.41) is 0. The monoisotopic (exact) mass is 344 g/mol. The summed E-state index contributed by atoms with van der Waals surface area (Å²) in [6, 6.07) is 7.23. The van der Waals surface area contributed by atoms with E-state index in [1.165, 1.54) is 89.0 Å². The lowest BCUT2D eigenvalue weighted by atomic mass is 9.75. The largest absolute Gasteiger partial charge is 0.207 e. The number of halogens is 1. The molecular weight excluding hydrogens is 307 g/mol. The molecule has 0 saturated heterocycles. The molecule has 3 rings (SSSR count). The van der Waals surface area contributed by atoms with Crippen LogP contribution in [0.25, 0.3) is 0 Å². The summed E-state index contributed by atoms with van der Waals surface area (Å²) in [6.07, 6.45) is 18.6. The Morgan fingerprint density at radius 2 is 1.20 bits per heavy atom. The first-order chi connectivity index (χ1) is 12.2. The van der Waals surface area contributed by atoms with E-state index in [0.717, 1.165) is 17.8 Å². The molecule has 0 N–H and O–H groups in total. The maximum atomic E-state index is 13.1. The molecule has 2 fully saturated rings. The predicted molar refractivity (Wildman–Crippen MR) is 105 cm³/mol. The third kappa shape index (κ3) is 5.83. The Morgan fingerprint density at radius 1 is 0.720 bits per heavy atom. The van der Waals surface area contributed by atoms with Gasteiger partial charge in [-0.15, -0.1) is 0 Å². The van der Waals surface area contributed by atoms with E-state index in [-0.39, 0.29) is 5.82 Å². The fourth-order valence-electron chi connectivity index (χ4n) is 5.43. The van der Waals surface area contributed by atoms with Crippen molar-refractivity contribution in [3.05, 3.63) is 35.6 Å². The molecule has 0 unspecified atom stereocenters.